The van der Waals surface area contributed by atoms with Gasteiger partial charge in [0.25, 0.3) is 0 Å². The average molecular weight is 309 g/mol. The van der Waals surface area contributed by atoms with E-state index in [0.717, 1.165) is 10.9 Å². The number of hydrazone groups is 1. The highest BCUT2D eigenvalue weighted by molar-refractivity contribution is 7.80. The molecule has 0 atom stereocenters. The van der Waals surface area contributed by atoms with Gasteiger partial charge in [-0.15, -0.1) is 0 Å². The summed E-state index contributed by atoms with van der Waals surface area (Å²) in [5, 5.41) is 5.13. The molecule has 1 aromatic heterocycles. The van der Waals surface area contributed by atoms with E-state index in [9.17, 15) is 4.79 Å². The van der Waals surface area contributed by atoms with Crippen LogP contribution in [0.2, 0.25) is 5.15 Å². The van der Waals surface area contributed by atoms with Crippen LogP contribution in [0.1, 0.15) is 23.7 Å². The van der Waals surface area contributed by atoms with Gasteiger partial charge in [0, 0.05) is 17.4 Å². The zero-order valence-corrected chi connectivity index (χ0v) is 12.3. The predicted molar refractivity (Wildman–Crippen MR) is 85.4 cm³/mol. The summed E-state index contributed by atoms with van der Waals surface area (Å²) in [5.74, 6) is -0.0758. The Kier molecular flexibility index (Phi) is 4.36. The molecule has 0 amide bonds. The quantitative estimate of drug-likeness (QED) is 0.519. The number of halogens is 1. The monoisotopic (exact) mass is 308 g/mol. The molecular formula is C13H13ClN4OS. The number of hydrogen-bond donors (Lipinski definition) is 2. The Balaban J connectivity index is 2.60. The first-order valence-corrected chi connectivity index (χ1v) is 6.75. The topological polar surface area (TPSA) is 72.4 Å². The normalized spacial score (nSPS) is 11.1. The van der Waals surface area contributed by atoms with Crippen LogP contribution < -0.4 is 11.2 Å². The zero-order chi connectivity index (χ0) is 14.7. The minimum atomic E-state index is -0.0758. The summed E-state index contributed by atoms with van der Waals surface area (Å²) in [4.78, 5) is 12.0. The Morgan fingerprint density at radius 3 is 2.90 bits per heavy atom. The first-order valence-electron chi connectivity index (χ1n) is 5.97. The Morgan fingerprint density at radius 1 is 1.55 bits per heavy atom. The zero-order valence-electron chi connectivity index (χ0n) is 10.8. The van der Waals surface area contributed by atoms with Crippen LogP contribution in [-0.4, -0.2) is 21.8 Å². The second-order valence-electron chi connectivity index (χ2n) is 4.04. The molecule has 3 N–H and O–H groups in total. The van der Waals surface area contributed by atoms with Crippen molar-refractivity contribution in [2.75, 3.05) is 0 Å². The summed E-state index contributed by atoms with van der Waals surface area (Å²) < 4.78 is 1.49. The number of para-hydroxylation sites is 1. The van der Waals surface area contributed by atoms with E-state index in [1.807, 2.05) is 24.3 Å². The molecule has 0 aliphatic carbocycles. The third-order valence-electron chi connectivity index (χ3n) is 2.77. The number of carbonyl (C=O) groups is 1. The second kappa shape index (κ2) is 6.02. The van der Waals surface area contributed by atoms with E-state index >= 15 is 0 Å². The van der Waals surface area contributed by atoms with Crippen LogP contribution in [0.3, 0.4) is 0 Å². The molecular weight excluding hydrogens is 296 g/mol. The number of nitrogens with two attached hydrogens (primary N) is 1. The maximum absolute atomic E-state index is 12.0. The summed E-state index contributed by atoms with van der Waals surface area (Å²) in [6.45, 7) is 1.79. The van der Waals surface area contributed by atoms with Crippen molar-refractivity contribution in [1.82, 2.24) is 9.99 Å². The van der Waals surface area contributed by atoms with Crippen LogP contribution in [0.4, 0.5) is 0 Å². The second-order valence-corrected chi connectivity index (χ2v) is 4.84. The van der Waals surface area contributed by atoms with Gasteiger partial charge >= 0.3 is 0 Å². The molecule has 0 unspecified atom stereocenters. The fourth-order valence-corrected chi connectivity index (χ4v) is 2.31. The van der Waals surface area contributed by atoms with Crippen molar-refractivity contribution in [3.63, 3.8) is 0 Å². The molecule has 0 spiro atoms. The molecule has 1 aromatic carbocycles. The number of rotatable bonds is 3. The number of aromatic nitrogens is 1. The first-order chi connectivity index (χ1) is 9.56. The molecule has 0 radical (unpaired) electrons. The number of hydrogen-bond acceptors (Lipinski definition) is 3. The molecule has 104 valence electrons. The van der Waals surface area contributed by atoms with Crippen molar-refractivity contribution in [3.8, 4) is 0 Å². The Hall–Kier alpha value is -1.92. The first kappa shape index (κ1) is 14.5. The number of nitrogens with zero attached hydrogens (tertiary/aromatic N) is 2. The Morgan fingerprint density at radius 2 is 2.25 bits per heavy atom. The molecule has 0 saturated heterocycles. The van der Waals surface area contributed by atoms with E-state index in [1.54, 1.807) is 6.92 Å². The standard InChI is InChI=1S/C13H13ClN4OS/c1-2-11(19)18-10-6-4-3-5-8(10)9(12(18)14)7-16-17-13(15)20/h3-7H,2H2,1H3,(H3,15,17,20). The highest BCUT2D eigenvalue weighted by Gasteiger charge is 2.17. The minimum absolute atomic E-state index is 0.0609. The van der Waals surface area contributed by atoms with Crippen molar-refractivity contribution in [1.29, 1.82) is 0 Å². The van der Waals surface area contributed by atoms with Crippen LogP contribution in [0.15, 0.2) is 29.4 Å². The van der Waals surface area contributed by atoms with Crippen LogP contribution in [0.5, 0.6) is 0 Å². The maximum Gasteiger partial charge on any atom is 0.231 e. The summed E-state index contributed by atoms with van der Waals surface area (Å²) in [6, 6.07) is 7.44. The van der Waals surface area contributed by atoms with Crippen LogP contribution in [-0.2, 0) is 0 Å². The predicted octanol–water partition coefficient (Wildman–Crippen LogP) is 2.51. The summed E-state index contributed by atoms with van der Waals surface area (Å²) in [7, 11) is 0. The lowest BCUT2D eigenvalue weighted by atomic mass is 10.2. The molecule has 5 nitrogen and oxygen atoms in total. The molecule has 0 fully saturated rings. The molecule has 1 heterocycles. The minimum Gasteiger partial charge on any atom is -0.375 e. The number of carbonyl (C=O) groups excluding carboxylic acids is 1. The van der Waals surface area contributed by atoms with Gasteiger partial charge in [-0.1, -0.05) is 36.7 Å². The van der Waals surface area contributed by atoms with Crippen molar-refractivity contribution >= 4 is 52.0 Å². The van der Waals surface area contributed by atoms with E-state index in [0.29, 0.717) is 17.1 Å². The molecule has 0 aliphatic heterocycles. The molecule has 7 heteroatoms. The van der Waals surface area contributed by atoms with E-state index in [1.165, 1.54) is 10.8 Å². The van der Waals surface area contributed by atoms with Gasteiger partial charge in [0.1, 0.15) is 5.15 Å². The van der Waals surface area contributed by atoms with Gasteiger partial charge in [-0.25, -0.2) is 0 Å². The number of benzene rings is 1. The highest BCUT2D eigenvalue weighted by atomic mass is 35.5. The van der Waals surface area contributed by atoms with Crippen molar-refractivity contribution in [3.05, 3.63) is 35.0 Å². The molecule has 0 aliphatic rings. The molecule has 0 bridgehead atoms. The van der Waals surface area contributed by atoms with Gasteiger partial charge < -0.3 is 5.73 Å². The molecule has 20 heavy (non-hydrogen) atoms. The fourth-order valence-electron chi connectivity index (χ4n) is 1.92. The third kappa shape index (κ3) is 2.66. The average Bonchev–Trinajstić information content (AvgIpc) is 2.71. The third-order valence-corrected chi connectivity index (χ3v) is 3.24. The Bertz CT molecular complexity index is 708. The number of fused-ring (bicyclic) bond motifs is 1. The van der Waals surface area contributed by atoms with Crippen molar-refractivity contribution in [2.45, 2.75) is 13.3 Å². The van der Waals surface area contributed by atoms with Crippen LogP contribution in [0, 0.1) is 0 Å². The highest BCUT2D eigenvalue weighted by Crippen LogP contribution is 2.29. The van der Waals surface area contributed by atoms with Gasteiger partial charge in [-0.2, -0.15) is 5.10 Å². The Labute approximate surface area is 126 Å². The molecule has 0 saturated carbocycles. The van der Waals surface area contributed by atoms with E-state index in [4.69, 9.17) is 17.3 Å². The summed E-state index contributed by atoms with van der Waals surface area (Å²) in [6.07, 6.45) is 1.86. The van der Waals surface area contributed by atoms with Crippen LogP contribution >= 0.6 is 23.8 Å². The van der Waals surface area contributed by atoms with Crippen molar-refractivity contribution < 1.29 is 4.79 Å². The van der Waals surface area contributed by atoms with Gasteiger partial charge in [0.2, 0.25) is 5.91 Å². The maximum atomic E-state index is 12.0. The van der Waals surface area contributed by atoms with Gasteiger partial charge in [-0.05, 0) is 18.3 Å². The largest absolute Gasteiger partial charge is 0.375 e. The summed E-state index contributed by atoms with van der Waals surface area (Å²) >= 11 is 11.0. The lowest BCUT2D eigenvalue weighted by Crippen LogP contribution is -2.24. The SMILES string of the molecule is CCC(=O)n1c(Cl)c(C=NNC(N)=S)c2ccccc21. The lowest BCUT2D eigenvalue weighted by molar-refractivity contribution is 0.0914. The van der Waals surface area contributed by atoms with Gasteiger partial charge in [-0.3, -0.25) is 14.8 Å². The van der Waals surface area contributed by atoms with Gasteiger partial charge in [0.05, 0.1) is 11.7 Å². The van der Waals surface area contributed by atoms with E-state index in [2.05, 4.69) is 22.7 Å². The van der Waals surface area contributed by atoms with E-state index < -0.39 is 0 Å². The van der Waals surface area contributed by atoms with Gasteiger partial charge in [0.15, 0.2) is 5.11 Å². The van der Waals surface area contributed by atoms with E-state index in [-0.39, 0.29) is 11.0 Å². The lowest BCUT2D eigenvalue weighted by Gasteiger charge is -2.02. The van der Waals surface area contributed by atoms with Crippen molar-refractivity contribution in [2.24, 2.45) is 10.8 Å². The van der Waals surface area contributed by atoms with Crippen LogP contribution in [0.25, 0.3) is 10.9 Å². The molecule has 2 aromatic rings. The number of nitrogens with one attached hydrogen (secondary N) is 1. The fraction of sp³-hybridized carbons (Fsp3) is 0.154. The summed E-state index contributed by atoms with van der Waals surface area (Å²) in [5.41, 5.74) is 9.16. The smallest absolute Gasteiger partial charge is 0.231 e. The molecule has 2 rings (SSSR count). The number of thiocarbonyl (C=S) groups is 1.